The van der Waals surface area contributed by atoms with Crippen LogP contribution in [0.5, 0.6) is 0 Å². The average molecular weight is 329 g/mol. The van der Waals surface area contributed by atoms with Crippen molar-refractivity contribution in [1.29, 1.82) is 0 Å². The van der Waals surface area contributed by atoms with Gasteiger partial charge in [0.2, 0.25) is 0 Å². The molecule has 4 heterocycles. The van der Waals surface area contributed by atoms with Gasteiger partial charge in [-0.15, -0.1) is 0 Å². The third-order valence-corrected chi connectivity index (χ3v) is 5.47. The molecule has 0 amide bonds. The van der Waals surface area contributed by atoms with Crippen molar-refractivity contribution in [3.8, 4) is 0 Å². The van der Waals surface area contributed by atoms with Crippen LogP contribution in [-0.4, -0.2) is 50.4 Å². The molecule has 0 aliphatic carbocycles. The van der Waals surface area contributed by atoms with E-state index in [1.807, 2.05) is 6.07 Å². The van der Waals surface area contributed by atoms with Gasteiger partial charge in [0, 0.05) is 17.7 Å². The van der Waals surface area contributed by atoms with Gasteiger partial charge in [-0.05, 0) is 6.92 Å². The number of hydrogen-bond donors (Lipinski definition) is 3. The van der Waals surface area contributed by atoms with Crippen molar-refractivity contribution in [3.63, 3.8) is 0 Å². The third-order valence-electron chi connectivity index (χ3n) is 5.47. The molecule has 7 heteroatoms. The van der Waals surface area contributed by atoms with Gasteiger partial charge < -0.3 is 9.80 Å². The van der Waals surface area contributed by atoms with Crippen LogP contribution >= 0.6 is 0 Å². The normalized spacial score (nSPS) is 31.5. The number of hydrogen-bond acceptors (Lipinski definition) is 4. The van der Waals surface area contributed by atoms with Crippen molar-refractivity contribution in [1.82, 2.24) is 5.43 Å². The highest BCUT2D eigenvalue weighted by atomic mass is 16.6. The zero-order chi connectivity index (χ0) is 16.7. The standard InChI is InChI=1S/C17H21N5O2/c1-17-11-20-5-6-21(12-17)10-14(9-20)16(17)19-18-8-13-3-2-4-15(7-13)22(23)24/h2-4,7-8,19H,5-6,9-12H2,1H3/p+2/b18-8-. The number of benzene rings is 1. The maximum atomic E-state index is 10.8. The van der Waals surface area contributed by atoms with Crippen LogP contribution in [0, 0.1) is 15.5 Å². The van der Waals surface area contributed by atoms with Crippen LogP contribution in [0.25, 0.3) is 0 Å². The second kappa shape index (κ2) is 5.68. The van der Waals surface area contributed by atoms with E-state index in [1.54, 1.807) is 28.1 Å². The summed E-state index contributed by atoms with van der Waals surface area (Å²) in [4.78, 5) is 13.8. The second-order valence-electron chi connectivity index (χ2n) is 7.47. The SMILES string of the molecule is CC12C[NH+]3CC[NH+](CC(=C1N/N=C\c1cccc([N+](=O)[O-])c1)C3)C2. The maximum absolute atomic E-state index is 10.8. The lowest BCUT2D eigenvalue weighted by atomic mass is 9.78. The van der Waals surface area contributed by atoms with E-state index >= 15 is 0 Å². The molecule has 126 valence electrons. The summed E-state index contributed by atoms with van der Waals surface area (Å²) >= 11 is 0. The Kier molecular flexibility index (Phi) is 3.62. The van der Waals surface area contributed by atoms with Crippen LogP contribution in [0.1, 0.15) is 12.5 Å². The van der Waals surface area contributed by atoms with E-state index in [0.717, 1.165) is 31.7 Å². The molecule has 5 rings (SSSR count). The number of nitro groups is 1. The van der Waals surface area contributed by atoms with Crippen LogP contribution in [0.3, 0.4) is 0 Å². The van der Waals surface area contributed by atoms with Crippen molar-refractivity contribution in [2.45, 2.75) is 6.92 Å². The molecule has 0 aromatic heterocycles. The first kappa shape index (κ1) is 15.3. The monoisotopic (exact) mass is 329 g/mol. The van der Waals surface area contributed by atoms with E-state index in [1.165, 1.54) is 30.4 Å². The number of hydrazone groups is 1. The highest BCUT2D eigenvalue weighted by Gasteiger charge is 2.50. The fraction of sp³-hybridized carbons (Fsp3) is 0.471. The molecule has 4 bridgehead atoms. The largest absolute Gasteiger partial charge is 0.326 e. The molecule has 2 fully saturated rings. The highest BCUT2D eigenvalue weighted by Crippen LogP contribution is 2.29. The molecule has 0 radical (unpaired) electrons. The highest BCUT2D eigenvalue weighted by molar-refractivity contribution is 5.80. The van der Waals surface area contributed by atoms with Gasteiger partial charge in [-0.3, -0.25) is 15.5 Å². The van der Waals surface area contributed by atoms with E-state index in [0.29, 0.717) is 0 Å². The van der Waals surface area contributed by atoms with Crippen LogP contribution in [0.2, 0.25) is 0 Å². The fourth-order valence-corrected chi connectivity index (χ4v) is 4.55. The molecular weight excluding hydrogens is 306 g/mol. The summed E-state index contributed by atoms with van der Waals surface area (Å²) < 4.78 is 0. The fourth-order valence-electron chi connectivity index (χ4n) is 4.55. The Bertz CT molecular complexity index is 724. The Morgan fingerprint density at radius 2 is 2.00 bits per heavy atom. The minimum absolute atomic E-state index is 0.0897. The van der Waals surface area contributed by atoms with E-state index in [2.05, 4.69) is 17.5 Å². The second-order valence-corrected chi connectivity index (χ2v) is 7.47. The summed E-state index contributed by atoms with van der Waals surface area (Å²) in [6.07, 6.45) is 1.67. The molecule has 1 aromatic rings. The number of fused-ring (bicyclic) bond motifs is 1. The quantitative estimate of drug-likeness (QED) is 0.361. The molecule has 3 N–H and O–H groups in total. The Morgan fingerprint density at radius 1 is 1.29 bits per heavy atom. The number of non-ortho nitro benzene ring substituents is 1. The lowest BCUT2D eigenvalue weighted by molar-refractivity contribution is -0.918. The summed E-state index contributed by atoms with van der Waals surface area (Å²) in [7, 11) is 0. The molecular formula is C17H23N5O2+2. The van der Waals surface area contributed by atoms with Crippen molar-refractivity contribution in [3.05, 3.63) is 51.2 Å². The zero-order valence-corrected chi connectivity index (χ0v) is 13.8. The molecule has 4 aliphatic heterocycles. The average Bonchev–Trinajstić information content (AvgIpc) is 2.77. The van der Waals surface area contributed by atoms with Gasteiger partial charge in [0.15, 0.2) is 0 Å². The van der Waals surface area contributed by atoms with Crippen molar-refractivity contribution < 1.29 is 14.7 Å². The first-order valence-corrected chi connectivity index (χ1v) is 8.47. The zero-order valence-electron chi connectivity index (χ0n) is 13.8. The van der Waals surface area contributed by atoms with E-state index in [-0.39, 0.29) is 16.0 Å². The van der Waals surface area contributed by atoms with Gasteiger partial charge >= 0.3 is 0 Å². The number of nitro benzene ring substituents is 1. The summed E-state index contributed by atoms with van der Waals surface area (Å²) in [6.45, 7) is 9.42. The maximum Gasteiger partial charge on any atom is 0.270 e. The topological polar surface area (TPSA) is 76.4 Å². The van der Waals surface area contributed by atoms with Crippen molar-refractivity contribution in [2.24, 2.45) is 10.5 Å². The van der Waals surface area contributed by atoms with Crippen LogP contribution in [0.4, 0.5) is 5.69 Å². The molecule has 0 spiro atoms. The predicted octanol–water partition coefficient (Wildman–Crippen LogP) is -1.41. The van der Waals surface area contributed by atoms with Crippen LogP contribution < -0.4 is 15.2 Å². The van der Waals surface area contributed by atoms with E-state index in [9.17, 15) is 10.1 Å². The molecule has 24 heavy (non-hydrogen) atoms. The molecule has 2 atom stereocenters. The minimum atomic E-state index is -0.383. The number of nitrogens with one attached hydrogen (secondary N) is 3. The Labute approximate surface area is 140 Å². The molecule has 0 saturated carbocycles. The summed E-state index contributed by atoms with van der Waals surface area (Å²) in [5, 5.41) is 15.2. The van der Waals surface area contributed by atoms with E-state index in [4.69, 9.17) is 0 Å². The lowest BCUT2D eigenvalue weighted by Gasteiger charge is -2.41. The van der Waals surface area contributed by atoms with Gasteiger partial charge in [0.05, 0.1) is 35.5 Å². The summed E-state index contributed by atoms with van der Waals surface area (Å²) in [5.74, 6) is 0. The van der Waals surface area contributed by atoms with Gasteiger partial charge in [0.25, 0.3) is 5.69 Å². The molecule has 1 aromatic carbocycles. The smallest absolute Gasteiger partial charge is 0.270 e. The lowest BCUT2D eigenvalue weighted by Crippen LogP contribution is -3.14. The Balaban J connectivity index is 1.54. The number of quaternary nitrogens is 2. The Morgan fingerprint density at radius 3 is 2.62 bits per heavy atom. The van der Waals surface area contributed by atoms with E-state index < -0.39 is 0 Å². The Hall–Kier alpha value is -2.25. The first-order chi connectivity index (χ1) is 11.5. The van der Waals surface area contributed by atoms with Crippen LogP contribution in [0.15, 0.2) is 40.6 Å². The molecule has 4 aliphatic rings. The minimum Gasteiger partial charge on any atom is -0.326 e. The predicted molar refractivity (Wildman–Crippen MR) is 90.1 cm³/mol. The van der Waals surface area contributed by atoms with Gasteiger partial charge in [-0.1, -0.05) is 12.1 Å². The first-order valence-electron chi connectivity index (χ1n) is 8.47. The van der Waals surface area contributed by atoms with Gasteiger partial charge in [-0.25, -0.2) is 0 Å². The van der Waals surface area contributed by atoms with Crippen molar-refractivity contribution in [2.75, 3.05) is 39.3 Å². The van der Waals surface area contributed by atoms with Crippen LogP contribution in [-0.2, 0) is 0 Å². The van der Waals surface area contributed by atoms with Gasteiger partial charge in [-0.2, -0.15) is 5.10 Å². The van der Waals surface area contributed by atoms with Gasteiger partial charge in [0.1, 0.15) is 31.6 Å². The molecule has 2 unspecified atom stereocenters. The molecule has 7 nitrogen and oxygen atoms in total. The van der Waals surface area contributed by atoms with Crippen molar-refractivity contribution >= 4 is 11.9 Å². The molecule has 2 saturated heterocycles. The summed E-state index contributed by atoms with van der Waals surface area (Å²) in [5.41, 5.74) is 7.04. The number of rotatable bonds is 4. The summed E-state index contributed by atoms with van der Waals surface area (Å²) in [6, 6.07) is 6.54. The third kappa shape index (κ3) is 2.70. The number of nitrogens with zero attached hydrogens (tertiary/aromatic N) is 2.